The van der Waals surface area contributed by atoms with Crippen LogP contribution < -0.4 is 11.1 Å². The number of nitrogens with two attached hydrogens (primary N) is 1. The Morgan fingerprint density at radius 2 is 2.04 bits per heavy atom. The Hall–Kier alpha value is -1.06. The number of cyclic esters (lactones) is 1. The minimum absolute atomic E-state index is 0.214. The maximum atomic E-state index is 12.3. The van der Waals surface area contributed by atoms with E-state index in [9.17, 15) is 24.9 Å². The monoisotopic (exact) mass is 382 g/mol. The molecule has 0 bridgehead atoms. The minimum atomic E-state index is -1.60. The number of aliphatic hydroxyl groups is 3. The minimum Gasteiger partial charge on any atom is -0.512 e. The fourth-order valence-corrected chi connectivity index (χ4v) is 3.38. The van der Waals surface area contributed by atoms with E-state index in [4.69, 9.17) is 33.7 Å². The lowest BCUT2D eigenvalue weighted by atomic mass is 9.71. The summed E-state index contributed by atoms with van der Waals surface area (Å²) in [5.74, 6) is -3.07. The molecule has 8 nitrogen and oxygen atoms in total. The SMILES string of the molecule is C[C@H](N)C(=O)N[C@@H]1[C@H]2C(=C(O)C[C@@H](O)[C@H]2O)C(=O)O[C@@]1(C)C(Cl)Cl. The summed E-state index contributed by atoms with van der Waals surface area (Å²) in [6.07, 6.45) is -3.07. The number of aliphatic hydroxyl groups excluding tert-OH is 3. The highest BCUT2D eigenvalue weighted by atomic mass is 35.5. The molecule has 1 aliphatic heterocycles. The van der Waals surface area contributed by atoms with Crippen molar-refractivity contribution in [2.75, 3.05) is 0 Å². The second kappa shape index (κ2) is 6.68. The molecule has 0 spiro atoms. The first-order valence-corrected chi connectivity index (χ1v) is 8.23. The first-order chi connectivity index (χ1) is 11.0. The van der Waals surface area contributed by atoms with Crippen molar-refractivity contribution in [2.45, 2.75) is 55.0 Å². The number of halogens is 2. The lowest BCUT2D eigenvalue weighted by molar-refractivity contribution is -0.173. The van der Waals surface area contributed by atoms with Crippen LogP contribution in [0.15, 0.2) is 11.3 Å². The van der Waals surface area contributed by atoms with E-state index in [2.05, 4.69) is 5.32 Å². The van der Waals surface area contributed by atoms with Crippen molar-refractivity contribution >= 4 is 35.1 Å². The molecule has 6 atom stereocenters. The van der Waals surface area contributed by atoms with Crippen LogP contribution in [0.3, 0.4) is 0 Å². The average Bonchev–Trinajstić information content (AvgIpc) is 2.46. The zero-order valence-electron chi connectivity index (χ0n) is 13.1. The molecule has 0 aromatic rings. The molecule has 6 N–H and O–H groups in total. The van der Waals surface area contributed by atoms with E-state index in [-0.39, 0.29) is 12.0 Å². The van der Waals surface area contributed by atoms with Gasteiger partial charge in [0.1, 0.15) is 10.6 Å². The molecule has 0 radical (unpaired) electrons. The number of hydrogen-bond acceptors (Lipinski definition) is 7. The Balaban J connectivity index is 2.55. The van der Waals surface area contributed by atoms with Gasteiger partial charge in [-0.1, -0.05) is 0 Å². The van der Waals surface area contributed by atoms with Crippen LogP contribution in [0, 0.1) is 5.92 Å². The van der Waals surface area contributed by atoms with Gasteiger partial charge in [0.15, 0.2) is 5.60 Å². The predicted molar refractivity (Wildman–Crippen MR) is 85.3 cm³/mol. The Bertz CT molecular complexity index is 582. The molecule has 0 aromatic heterocycles. The van der Waals surface area contributed by atoms with Gasteiger partial charge in [-0.3, -0.25) is 4.79 Å². The van der Waals surface area contributed by atoms with Crippen LogP contribution >= 0.6 is 23.2 Å². The van der Waals surface area contributed by atoms with Gasteiger partial charge in [0.25, 0.3) is 0 Å². The van der Waals surface area contributed by atoms with E-state index in [0.717, 1.165) is 0 Å². The largest absolute Gasteiger partial charge is 0.512 e. The quantitative estimate of drug-likeness (QED) is 0.326. The third-order valence-corrected chi connectivity index (χ3v) is 5.33. The fourth-order valence-electron chi connectivity index (χ4n) is 3.02. The average molecular weight is 383 g/mol. The van der Waals surface area contributed by atoms with Crippen LogP contribution in [0.1, 0.15) is 20.3 Å². The topological polar surface area (TPSA) is 142 Å². The number of esters is 1. The van der Waals surface area contributed by atoms with Crippen LogP contribution in [0.5, 0.6) is 0 Å². The summed E-state index contributed by atoms with van der Waals surface area (Å²) < 4.78 is 5.28. The van der Waals surface area contributed by atoms with Gasteiger partial charge in [-0.2, -0.15) is 0 Å². The van der Waals surface area contributed by atoms with Crippen molar-refractivity contribution in [3.8, 4) is 0 Å². The second-order valence-electron chi connectivity index (χ2n) is 6.30. The van der Waals surface area contributed by atoms with Gasteiger partial charge < -0.3 is 31.1 Å². The molecule has 24 heavy (non-hydrogen) atoms. The van der Waals surface area contributed by atoms with Gasteiger partial charge in [0.05, 0.1) is 29.9 Å². The summed E-state index contributed by atoms with van der Waals surface area (Å²) in [7, 11) is 0. The number of amides is 1. The van der Waals surface area contributed by atoms with Gasteiger partial charge in [0.2, 0.25) is 5.91 Å². The number of alkyl halides is 2. The Morgan fingerprint density at radius 1 is 1.46 bits per heavy atom. The fraction of sp³-hybridized carbons (Fsp3) is 0.714. The number of fused-ring (bicyclic) bond motifs is 1. The summed E-state index contributed by atoms with van der Waals surface area (Å²) in [6, 6.07) is -1.99. The van der Waals surface area contributed by atoms with Crippen LogP contribution in [0.4, 0.5) is 0 Å². The van der Waals surface area contributed by atoms with Gasteiger partial charge in [-0.25, -0.2) is 4.79 Å². The number of ether oxygens (including phenoxy) is 1. The van der Waals surface area contributed by atoms with Gasteiger partial charge in [-0.15, -0.1) is 23.2 Å². The molecule has 1 amide bonds. The number of carbonyl (C=O) groups is 2. The summed E-state index contributed by atoms with van der Waals surface area (Å²) in [5, 5.41) is 32.9. The molecule has 1 aliphatic carbocycles. The molecule has 1 saturated heterocycles. The maximum Gasteiger partial charge on any atom is 0.338 e. The molecule has 1 heterocycles. The second-order valence-corrected chi connectivity index (χ2v) is 7.39. The summed E-state index contributed by atoms with van der Waals surface area (Å²) in [4.78, 5) is 23.1. The predicted octanol–water partition coefficient (Wildman–Crippen LogP) is -0.509. The van der Waals surface area contributed by atoms with Crippen LogP contribution in [0.25, 0.3) is 0 Å². The Morgan fingerprint density at radius 3 is 2.54 bits per heavy atom. The van der Waals surface area contributed by atoms with Crippen LogP contribution in [0.2, 0.25) is 0 Å². The van der Waals surface area contributed by atoms with Crippen molar-refractivity contribution in [3.05, 3.63) is 11.3 Å². The lowest BCUT2D eigenvalue weighted by Gasteiger charge is -2.50. The van der Waals surface area contributed by atoms with E-state index in [1.807, 2.05) is 0 Å². The van der Waals surface area contributed by atoms with Crippen molar-refractivity contribution < 1.29 is 29.6 Å². The smallest absolute Gasteiger partial charge is 0.338 e. The third-order valence-electron chi connectivity index (χ3n) is 4.46. The normalized spacial score (nSPS) is 37.8. The highest BCUT2D eigenvalue weighted by Gasteiger charge is 2.59. The molecule has 2 rings (SSSR count). The number of rotatable bonds is 3. The van der Waals surface area contributed by atoms with Crippen molar-refractivity contribution in [2.24, 2.45) is 11.7 Å². The van der Waals surface area contributed by atoms with Crippen LogP contribution in [-0.2, 0) is 14.3 Å². The molecule has 0 aromatic carbocycles. The Labute approximate surface area is 148 Å². The number of carbonyl (C=O) groups excluding carboxylic acids is 2. The molecule has 0 unspecified atom stereocenters. The van der Waals surface area contributed by atoms with E-state index in [1.165, 1.54) is 13.8 Å². The molecule has 10 heteroatoms. The van der Waals surface area contributed by atoms with E-state index in [1.54, 1.807) is 0 Å². The highest BCUT2D eigenvalue weighted by molar-refractivity contribution is 6.45. The molecule has 0 saturated carbocycles. The maximum absolute atomic E-state index is 12.3. The molecule has 136 valence electrons. The van der Waals surface area contributed by atoms with E-state index in [0.29, 0.717) is 0 Å². The summed E-state index contributed by atoms with van der Waals surface area (Å²) in [6.45, 7) is 2.84. The Kier molecular flexibility index (Phi) is 5.37. The number of hydrogen-bond donors (Lipinski definition) is 5. The summed E-state index contributed by atoms with van der Waals surface area (Å²) >= 11 is 11.9. The van der Waals surface area contributed by atoms with Crippen LogP contribution in [-0.4, -0.2) is 61.9 Å². The first-order valence-electron chi connectivity index (χ1n) is 7.36. The van der Waals surface area contributed by atoms with Crippen molar-refractivity contribution in [1.82, 2.24) is 5.32 Å². The van der Waals surface area contributed by atoms with Crippen molar-refractivity contribution in [1.29, 1.82) is 0 Å². The van der Waals surface area contributed by atoms with E-state index >= 15 is 0 Å². The first kappa shape index (κ1) is 19.3. The molecular weight excluding hydrogens is 363 g/mol. The molecule has 2 aliphatic rings. The number of nitrogens with one attached hydrogen (secondary N) is 1. The third kappa shape index (κ3) is 3.09. The highest BCUT2D eigenvalue weighted by Crippen LogP contribution is 2.44. The zero-order chi connectivity index (χ0) is 18.4. The van der Waals surface area contributed by atoms with Crippen molar-refractivity contribution in [3.63, 3.8) is 0 Å². The standard InChI is InChI=1S/C14H20Cl2N2O6/c1-4(17)11(22)18-10-8-7(5(19)3-6(20)9(8)21)12(23)24-14(10,2)13(15)16/h4,6,8-10,13,19-21H,3,17H2,1-2H3,(H,18,22)/t4-,6+,8-,9+,10+,14+/m0/s1. The lowest BCUT2D eigenvalue weighted by Crippen LogP contribution is -2.68. The van der Waals surface area contributed by atoms with E-state index < -0.39 is 58.3 Å². The molecular formula is C14H20Cl2N2O6. The van der Waals surface area contributed by atoms with Gasteiger partial charge in [0, 0.05) is 12.3 Å². The summed E-state index contributed by atoms with van der Waals surface area (Å²) in [5.41, 5.74) is 3.73. The zero-order valence-corrected chi connectivity index (χ0v) is 14.6. The van der Waals surface area contributed by atoms with Gasteiger partial charge in [-0.05, 0) is 13.8 Å². The van der Waals surface area contributed by atoms with Gasteiger partial charge >= 0.3 is 5.97 Å². The molecule has 1 fully saturated rings.